The summed E-state index contributed by atoms with van der Waals surface area (Å²) in [6, 6.07) is 0. The van der Waals surface area contributed by atoms with Gasteiger partial charge in [0, 0.05) is 17.8 Å². The maximum atomic E-state index is 13.3. The number of ether oxygens (including phenoxy) is 4. The van der Waals surface area contributed by atoms with Crippen LogP contribution in [0.3, 0.4) is 0 Å². The summed E-state index contributed by atoms with van der Waals surface area (Å²) >= 11 is 0. The van der Waals surface area contributed by atoms with Crippen LogP contribution in [0.25, 0.3) is 0 Å². The number of rotatable bonds is 21. The summed E-state index contributed by atoms with van der Waals surface area (Å²) in [6.45, 7) is 11.8. The number of hydrogen-bond donors (Lipinski definition) is 6. The van der Waals surface area contributed by atoms with Crippen molar-refractivity contribution in [3.63, 3.8) is 0 Å². The normalized spacial score (nSPS) is 19.9. The lowest BCUT2D eigenvalue weighted by molar-refractivity contribution is -0.194. The average Bonchev–Trinajstić information content (AvgIpc) is 3.03. The van der Waals surface area contributed by atoms with Crippen molar-refractivity contribution in [2.45, 2.75) is 130 Å². The molecule has 0 saturated heterocycles. The van der Waals surface area contributed by atoms with Gasteiger partial charge in [-0.1, -0.05) is 61.8 Å². The maximum Gasteiger partial charge on any atom is 0.348 e. The third kappa shape index (κ3) is 12.6. The highest BCUT2D eigenvalue weighted by atomic mass is 16.6. The Hall–Kier alpha value is -2.36. The number of aliphatic hydroxyl groups excluding tert-OH is 6. The molecular weight excluding hydrogens is 584 g/mol. The van der Waals surface area contributed by atoms with Crippen LogP contribution in [0.2, 0.25) is 0 Å². The number of carbonyl (C=O) groups excluding carboxylic acids is 4. The highest BCUT2D eigenvalue weighted by molar-refractivity contribution is 5.86. The number of esters is 4. The van der Waals surface area contributed by atoms with E-state index < -0.39 is 110 Å². The van der Waals surface area contributed by atoms with Gasteiger partial charge in [-0.15, -0.1) is 0 Å². The minimum Gasteiger partial charge on any atom is -0.460 e. The van der Waals surface area contributed by atoms with Crippen LogP contribution in [0, 0.1) is 23.7 Å². The zero-order valence-corrected chi connectivity index (χ0v) is 27.1. The molecule has 6 N–H and O–H groups in total. The molecule has 12 atom stereocenters. The first-order valence-corrected chi connectivity index (χ1v) is 15.3. The first-order chi connectivity index (χ1) is 20.5. The Labute approximate surface area is 259 Å². The molecule has 14 heteroatoms. The summed E-state index contributed by atoms with van der Waals surface area (Å²) in [5.74, 6) is -6.29. The first-order valence-electron chi connectivity index (χ1n) is 15.3. The fraction of sp³-hybridized carbons (Fsp3) is 0.867. The number of hydrogen-bond acceptors (Lipinski definition) is 14. The Morgan fingerprint density at radius 2 is 0.864 bits per heavy atom. The van der Waals surface area contributed by atoms with Crippen LogP contribution < -0.4 is 0 Å². The van der Waals surface area contributed by atoms with Crippen LogP contribution in [0.1, 0.15) is 81.1 Å². The minimum absolute atomic E-state index is 0.345. The lowest BCUT2D eigenvalue weighted by Crippen LogP contribution is -2.48. The van der Waals surface area contributed by atoms with E-state index in [1.165, 1.54) is 0 Å². The van der Waals surface area contributed by atoms with Crippen molar-refractivity contribution in [2.24, 2.45) is 23.7 Å². The lowest BCUT2D eigenvalue weighted by Gasteiger charge is -2.29. The van der Waals surface area contributed by atoms with E-state index in [0.29, 0.717) is 25.7 Å². The molecule has 258 valence electrons. The molecule has 0 radical (unpaired) electrons. The maximum absolute atomic E-state index is 13.3. The zero-order valence-electron chi connectivity index (χ0n) is 27.1. The molecular formula is C30H54O14. The van der Waals surface area contributed by atoms with Crippen molar-refractivity contribution in [1.82, 2.24) is 0 Å². The fourth-order valence-corrected chi connectivity index (χ4v) is 3.78. The smallest absolute Gasteiger partial charge is 0.348 e. The average molecular weight is 639 g/mol. The van der Waals surface area contributed by atoms with E-state index >= 15 is 0 Å². The fourth-order valence-electron chi connectivity index (χ4n) is 3.78. The van der Waals surface area contributed by atoms with Crippen molar-refractivity contribution in [2.75, 3.05) is 13.2 Å². The molecule has 0 heterocycles. The predicted octanol–water partition coefficient (Wildman–Crippen LogP) is 0.246. The minimum atomic E-state index is -1.97. The molecule has 0 aliphatic rings. The number of carbonyl (C=O) groups is 4. The summed E-state index contributed by atoms with van der Waals surface area (Å²) < 4.78 is 21.4. The molecule has 0 spiro atoms. The molecule has 0 fully saturated rings. The Balaban J connectivity index is 5.85. The van der Waals surface area contributed by atoms with Crippen molar-refractivity contribution in [3.8, 4) is 0 Å². The summed E-state index contributed by atoms with van der Waals surface area (Å²) in [6.07, 6.45) is -11.8. The van der Waals surface area contributed by atoms with Crippen molar-refractivity contribution in [1.29, 1.82) is 0 Å². The Kier molecular flexibility index (Phi) is 19.5. The van der Waals surface area contributed by atoms with Crippen LogP contribution in [-0.4, -0.2) is 117 Å². The lowest BCUT2D eigenvalue weighted by atomic mass is 9.98. The van der Waals surface area contributed by atoms with Gasteiger partial charge in [0.25, 0.3) is 0 Å². The summed E-state index contributed by atoms with van der Waals surface area (Å²) in [4.78, 5) is 52.1. The largest absolute Gasteiger partial charge is 0.460 e. The van der Waals surface area contributed by atoms with E-state index in [1.807, 2.05) is 0 Å². The molecule has 0 bridgehead atoms. The van der Waals surface area contributed by atoms with E-state index in [2.05, 4.69) is 0 Å². The van der Waals surface area contributed by atoms with E-state index in [4.69, 9.17) is 24.1 Å². The summed E-state index contributed by atoms with van der Waals surface area (Å²) in [5, 5.41) is 58.5. The molecule has 0 rings (SSSR count). The van der Waals surface area contributed by atoms with Crippen molar-refractivity contribution in [3.05, 3.63) is 0 Å². The van der Waals surface area contributed by atoms with E-state index in [-0.39, 0.29) is 0 Å². The van der Waals surface area contributed by atoms with Gasteiger partial charge in [-0.3, -0.25) is 0 Å². The quantitative estimate of drug-likeness (QED) is 0.0732. The highest BCUT2D eigenvalue weighted by Crippen LogP contribution is 2.23. The van der Waals surface area contributed by atoms with E-state index in [9.17, 15) is 44.7 Å². The van der Waals surface area contributed by atoms with Gasteiger partial charge in [-0.25, -0.2) is 19.2 Å². The Bertz CT molecular complexity index is 882. The second-order valence-corrected chi connectivity index (χ2v) is 11.5. The van der Waals surface area contributed by atoms with Gasteiger partial charge in [0.15, 0.2) is 6.10 Å². The number of aliphatic hydroxyl groups is 6. The molecule has 14 nitrogen and oxygen atoms in total. The molecule has 0 aliphatic heterocycles. The highest BCUT2D eigenvalue weighted by Gasteiger charge is 2.40. The summed E-state index contributed by atoms with van der Waals surface area (Å²) in [7, 11) is 0. The van der Waals surface area contributed by atoms with Gasteiger partial charge in [0.1, 0.15) is 31.0 Å². The van der Waals surface area contributed by atoms with Crippen LogP contribution >= 0.6 is 0 Å². The van der Waals surface area contributed by atoms with Crippen LogP contribution in [-0.2, 0) is 38.1 Å². The molecule has 0 amide bonds. The standard InChI is InChI=1S/C30H54O14/c1-9-15(5)21(34)27(37)42-25(17(7)11-3)29(39)44-26(18(8)12-4)30(40)43-24(16(6)10-2)28(38)41-14-20(33)23(36)22(35)19(32)13-31/h15-26,31-36H,9-14H2,1-8H3/t15-,16+,17+,18-,19+,20-,21-,22+,23-,24-,25-,26-/m0/s1. The van der Waals surface area contributed by atoms with Gasteiger partial charge in [-0.2, -0.15) is 0 Å². The van der Waals surface area contributed by atoms with Crippen molar-refractivity contribution < 1.29 is 68.8 Å². The summed E-state index contributed by atoms with van der Waals surface area (Å²) in [5.41, 5.74) is 0. The molecule has 0 saturated carbocycles. The second kappa shape index (κ2) is 20.6. The molecule has 0 unspecified atom stereocenters. The predicted molar refractivity (Wildman–Crippen MR) is 156 cm³/mol. The van der Waals surface area contributed by atoms with Crippen LogP contribution in [0.15, 0.2) is 0 Å². The molecule has 0 aliphatic carbocycles. The van der Waals surface area contributed by atoms with E-state index in [1.54, 1.807) is 55.4 Å². The monoisotopic (exact) mass is 638 g/mol. The molecule has 0 aromatic rings. The third-order valence-electron chi connectivity index (χ3n) is 8.05. The van der Waals surface area contributed by atoms with Gasteiger partial charge in [0.05, 0.1) is 6.61 Å². The zero-order chi connectivity index (χ0) is 34.3. The van der Waals surface area contributed by atoms with Gasteiger partial charge in [0.2, 0.25) is 18.3 Å². The van der Waals surface area contributed by atoms with Gasteiger partial charge in [-0.05, 0) is 25.2 Å². The SMILES string of the molecule is CC[C@@H](C)[C@H](OC(=O)[C@@H](O)[C@@H](C)CC)C(=O)O[C@H](C(=O)O[C@H](C(=O)OC[C@H](O)[C@H](O)[C@H](O)[C@H](O)CO)[C@H](C)CC)[C@@H](C)CC. The molecule has 0 aromatic heterocycles. The van der Waals surface area contributed by atoms with Gasteiger partial charge >= 0.3 is 23.9 Å². The molecule has 0 aromatic carbocycles. The third-order valence-corrected chi connectivity index (χ3v) is 8.05. The topological polar surface area (TPSA) is 227 Å². The van der Waals surface area contributed by atoms with Crippen molar-refractivity contribution >= 4 is 23.9 Å². The van der Waals surface area contributed by atoms with Crippen LogP contribution in [0.5, 0.6) is 0 Å². The Morgan fingerprint density at radius 1 is 0.523 bits per heavy atom. The first kappa shape index (κ1) is 41.6. The second-order valence-electron chi connectivity index (χ2n) is 11.5. The van der Waals surface area contributed by atoms with Gasteiger partial charge < -0.3 is 49.6 Å². The Morgan fingerprint density at radius 3 is 1.23 bits per heavy atom. The van der Waals surface area contributed by atoms with E-state index in [0.717, 1.165) is 0 Å². The molecule has 44 heavy (non-hydrogen) atoms. The van der Waals surface area contributed by atoms with Crippen LogP contribution in [0.4, 0.5) is 0 Å².